The van der Waals surface area contributed by atoms with Crippen molar-refractivity contribution in [3.05, 3.63) is 144 Å². The minimum atomic E-state index is -0.434. The van der Waals surface area contributed by atoms with E-state index in [0.29, 0.717) is 26.4 Å². The number of fused-ring (bicyclic) bond motifs is 1. The van der Waals surface area contributed by atoms with E-state index >= 15 is 0 Å². The molecule has 0 aromatic heterocycles. The maximum Gasteiger partial charge on any atom is 0.192 e. The Morgan fingerprint density at radius 3 is 1.14 bits per heavy atom. The second-order valence-electron chi connectivity index (χ2n) is 13.7. The van der Waals surface area contributed by atoms with Gasteiger partial charge >= 0.3 is 0 Å². The minimum Gasteiger partial charge on any atom is -0.368 e. The Balaban J connectivity index is 1.28. The van der Waals surface area contributed by atoms with Gasteiger partial charge in [0.15, 0.2) is 5.96 Å². The van der Waals surface area contributed by atoms with Crippen molar-refractivity contribution in [2.75, 3.05) is 6.54 Å². The van der Waals surface area contributed by atoms with E-state index in [1.165, 1.54) is 38.5 Å². The lowest BCUT2D eigenvalue weighted by Crippen LogP contribution is -2.68. The summed E-state index contributed by atoms with van der Waals surface area (Å²) in [5, 5.41) is 7.49. The average molecular weight is 690 g/mol. The van der Waals surface area contributed by atoms with Crippen LogP contribution in [0.2, 0.25) is 0 Å². The molecule has 4 aromatic carbocycles. The number of hydrogen-bond acceptors (Lipinski definition) is 5. The number of rotatable bonds is 20. The third-order valence-electron chi connectivity index (χ3n) is 9.85. The lowest BCUT2D eigenvalue weighted by molar-refractivity contribution is -0.224. The molecule has 0 spiro atoms. The summed E-state index contributed by atoms with van der Waals surface area (Å²) in [5.74, 6) is 0.795. The number of unbranched alkanes of at least 4 members (excludes halogenated alkanes) is 6. The molecule has 6 rings (SSSR count). The van der Waals surface area contributed by atoms with Crippen LogP contribution in [-0.4, -0.2) is 49.0 Å². The molecular weight excluding hydrogens is 635 g/mol. The summed E-state index contributed by atoms with van der Waals surface area (Å²) in [6, 6.07) is 41.0. The summed E-state index contributed by atoms with van der Waals surface area (Å²) in [4.78, 5) is 5.03. The highest BCUT2D eigenvalue weighted by Gasteiger charge is 2.56. The Hall–Kier alpha value is -4.01. The first kappa shape index (κ1) is 36.8. The van der Waals surface area contributed by atoms with Gasteiger partial charge in [0.25, 0.3) is 0 Å². The fourth-order valence-electron chi connectivity index (χ4n) is 7.09. The predicted octanol–water partition coefficient (Wildman–Crippen LogP) is 8.38. The van der Waals surface area contributed by atoms with Gasteiger partial charge in [-0.3, -0.25) is 4.99 Å². The monoisotopic (exact) mass is 689 g/mol. The first-order chi connectivity index (χ1) is 25.3. The molecule has 0 amide bonds. The van der Waals surface area contributed by atoms with Crippen molar-refractivity contribution in [2.24, 2.45) is 4.99 Å². The van der Waals surface area contributed by atoms with Gasteiger partial charge in [-0.05, 0) is 28.7 Å². The van der Waals surface area contributed by atoms with E-state index in [1.807, 2.05) is 48.5 Å². The molecule has 270 valence electrons. The SMILES string of the molecule is CCCCCCCCCN=C1N[C@@H]2[C@H](N1)[C@H](OCc1ccccc1)[C@@H](OCc1ccccc1)[C@H](OCc1ccccc1)[C@H]2OCc1ccccc1. The minimum absolute atomic E-state index is 0.153. The fraction of sp³-hybridized carbons (Fsp3) is 0.432. The van der Waals surface area contributed by atoms with Crippen LogP contribution in [0.15, 0.2) is 126 Å². The van der Waals surface area contributed by atoms with Crippen LogP contribution >= 0.6 is 0 Å². The summed E-state index contributed by atoms with van der Waals surface area (Å²) in [7, 11) is 0. The highest BCUT2D eigenvalue weighted by molar-refractivity contribution is 5.83. The first-order valence-electron chi connectivity index (χ1n) is 19.0. The number of hydrogen-bond donors (Lipinski definition) is 2. The molecule has 7 nitrogen and oxygen atoms in total. The lowest BCUT2D eigenvalue weighted by Gasteiger charge is -2.47. The molecule has 1 saturated heterocycles. The molecule has 1 aliphatic heterocycles. The van der Waals surface area contributed by atoms with Crippen molar-refractivity contribution in [1.29, 1.82) is 0 Å². The van der Waals surface area contributed by atoms with Gasteiger partial charge < -0.3 is 29.6 Å². The summed E-state index contributed by atoms with van der Waals surface area (Å²) >= 11 is 0. The molecule has 1 heterocycles. The van der Waals surface area contributed by atoms with Gasteiger partial charge in [-0.2, -0.15) is 0 Å². The summed E-state index contributed by atoms with van der Waals surface area (Å²) in [6.07, 6.45) is 7.20. The number of benzene rings is 4. The Morgan fingerprint density at radius 2 is 0.765 bits per heavy atom. The van der Waals surface area contributed by atoms with E-state index in [4.69, 9.17) is 23.9 Å². The zero-order valence-corrected chi connectivity index (χ0v) is 30.1. The van der Waals surface area contributed by atoms with Crippen LogP contribution in [0.1, 0.15) is 74.1 Å². The second-order valence-corrected chi connectivity index (χ2v) is 13.7. The van der Waals surface area contributed by atoms with E-state index in [2.05, 4.69) is 90.4 Å². The van der Waals surface area contributed by atoms with E-state index in [1.54, 1.807) is 0 Å². The van der Waals surface area contributed by atoms with E-state index in [-0.39, 0.29) is 24.3 Å². The number of guanidine groups is 1. The third-order valence-corrected chi connectivity index (χ3v) is 9.85. The van der Waals surface area contributed by atoms with Crippen molar-refractivity contribution in [2.45, 2.75) is 115 Å². The van der Waals surface area contributed by atoms with E-state index in [9.17, 15) is 0 Å². The van der Waals surface area contributed by atoms with Gasteiger partial charge in [0.1, 0.15) is 24.4 Å². The van der Waals surface area contributed by atoms with Crippen LogP contribution in [0.4, 0.5) is 0 Å². The van der Waals surface area contributed by atoms with Crippen LogP contribution in [0.25, 0.3) is 0 Å². The summed E-state index contributed by atoms with van der Waals surface area (Å²) in [6.45, 7) is 4.79. The molecule has 6 atom stereocenters. The molecule has 2 N–H and O–H groups in total. The van der Waals surface area contributed by atoms with Gasteiger partial charge in [0.05, 0.1) is 38.5 Å². The quantitative estimate of drug-likeness (QED) is 0.0909. The fourth-order valence-corrected chi connectivity index (χ4v) is 7.09. The Labute approximate surface area is 304 Å². The third kappa shape index (κ3) is 11.0. The van der Waals surface area contributed by atoms with Gasteiger partial charge in [-0.15, -0.1) is 0 Å². The molecule has 0 radical (unpaired) electrons. The Morgan fingerprint density at radius 1 is 0.431 bits per heavy atom. The van der Waals surface area contributed by atoms with Crippen molar-refractivity contribution in [1.82, 2.24) is 10.6 Å². The highest BCUT2D eigenvalue weighted by Crippen LogP contribution is 2.34. The summed E-state index contributed by atoms with van der Waals surface area (Å²) in [5.41, 5.74) is 4.41. The molecule has 7 heteroatoms. The Kier molecular flexibility index (Phi) is 14.5. The predicted molar refractivity (Wildman–Crippen MR) is 204 cm³/mol. The molecule has 0 unspecified atom stereocenters. The van der Waals surface area contributed by atoms with E-state index < -0.39 is 12.2 Å². The van der Waals surface area contributed by atoms with Crippen LogP contribution in [0.5, 0.6) is 0 Å². The topological polar surface area (TPSA) is 73.3 Å². The molecule has 2 aliphatic rings. The van der Waals surface area contributed by atoms with Crippen LogP contribution in [0, 0.1) is 0 Å². The molecule has 51 heavy (non-hydrogen) atoms. The van der Waals surface area contributed by atoms with Crippen molar-refractivity contribution < 1.29 is 18.9 Å². The smallest absolute Gasteiger partial charge is 0.192 e. The largest absolute Gasteiger partial charge is 0.368 e. The number of nitrogens with one attached hydrogen (secondary N) is 2. The molecule has 4 aromatic rings. The van der Waals surface area contributed by atoms with Crippen molar-refractivity contribution in [3.63, 3.8) is 0 Å². The molecule has 0 bridgehead atoms. The maximum absolute atomic E-state index is 6.91. The van der Waals surface area contributed by atoms with Gasteiger partial charge in [-0.1, -0.05) is 167 Å². The van der Waals surface area contributed by atoms with Crippen LogP contribution in [-0.2, 0) is 45.4 Å². The van der Waals surface area contributed by atoms with Crippen LogP contribution in [0.3, 0.4) is 0 Å². The number of nitrogens with zero attached hydrogens (tertiary/aromatic N) is 1. The van der Waals surface area contributed by atoms with Crippen molar-refractivity contribution >= 4 is 5.96 Å². The zero-order valence-electron chi connectivity index (χ0n) is 30.1. The standard InChI is InChI=1S/C44H55N3O4/c1-2-3-4-5-6-7-20-29-45-44-46-38-39(47-44)41(49-31-35-23-14-9-15-24-35)43(51-33-37-27-18-11-19-28-37)42(50-32-36-25-16-10-17-26-36)40(38)48-30-34-21-12-8-13-22-34/h8-19,21-28,38-43H,2-7,20,29-33H2,1H3,(H2,45,46,47)/t38-,39+,40-,41-,42+,43+/m0/s1. The maximum atomic E-state index is 6.91. The molecular formula is C44H55N3O4. The lowest BCUT2D eigenvalue weighted by atomic mass is 9.81. The molecule has 1 aliphatic carbocycles. The number of ether oxygens (including phenoxy) is 4. The van der Waals surface area contributed by atoms with Crippen LogP contribution < -0.4 is 10.6 Å². The van der Waals surface area contributed by atoms with Gasteiger partial charge in [0.2, 0.25) is 0 Å². The first-order valence-corrected chi connectivity index (χ1v) is 19.0. The number of aliphatic imine (C=N–C) groups is 1. The zero-order chi connectivity index (χ0) is 34.9. The average Bonchev–Trinajstić information content (AvgIpc) is 3.61. The second kappa shape index (κ2) is 20.1. The van der Waals surface area contributed by atoms with Gasteiger partial charge in [-0.25, -0.2) is 0 Å². The molecule has 2 fully saturated rings. The Bertz CT molecular complexity index is 1450. The van der Waals surface area contributed by atoms with Gasteiger partial charge in [0, 0.05) is 6.54 Å². The highest BCUT2D eigenvalue weighted by atomic mass is 16.6. The van der Waals surface area contributed by atoms with E-state index in [0.717, 1.165) is 41.2 Å². The normalized spacial score (nSPS) is 23.4. The summed E-state index contributed by atoms with van der Waals surface area (Å²) < 4.78 is 27.6. The van der Waals surface area contributed by atoms with Crippen molar-refractivity contribution in [3.8, 4) is 0 Å². The molecule has 1 saturated carbocycles.